The number of rotatable bonds is 3. The van der Waals surface area contributed by atoms with Crippen molar-refractivity contribution >= 4 is 22.6 Å². The van der Waals surface area contributed by atoms with Crippen molar-refractivity contribution in [3.8, 4) is 0 Å². The standard InChI is InChI=1S/C22H22N4O2/c23-22(19-4-2-1-3-5-19)9-11-26(15-22)21(28)20(27)25-13-16-6-7-18-14-24-10-8-17(18)12-16/h1-8,10,12,14H,9,11,13,15,23H2,(H,25,27). The molecule has 1 aromatic heterocycles. The number of nitrogens with one attached hydrogen (secondary N) is 1. The predicted octanol–water partition coefficient (Wildman–Crippen LogP) is 1.94. The van der Waals surface area contributed by atoms with Gasteiger partial charge in [0, 0.05) is 37.4 Å². The van der Waals surface area contributed by atoms with Crippen molar-refractivity contribution in [2.24, 2.45) is 5.73 Å². The Morgan fingerprint density at radius 2 is 1.93 bits per heavy atom. The monoisotopic (exact) mass is 374 g/mol. The van der Waals surface area contributed by atoms with Gasteiger partial charge in [0.2, 0.25) is 0 Å². The molecule has 1 unspecified atom stereocenters. The first kappa shape index (κ1) is 18.1. The number of nitrogens with zero attached hydrogens (tertiary/aromatic N) is 2. The van der Waals surface area contributed by atoms with E-state index in [1.165, 1.54) is 4.90 Å². The van der Waals surface area contributed by atoms with Crippen LogP contribution in [0, 0.1) is 0 Å². The van der Waals surface area contributed by atoms with Crippen LogP contribution in [0.4, 0.5) is 0 Å². The zero-order valence-corrected chi connectivity index (χ0v) is 15.5. The Hall–Kier alpha value is -3.25. The molecule has 142 valence electrons. The predicted molar refractivity (Wildman–Crippen MR) is 107 cm³/mol. The molecule has 3 N–H and O–H groups in total. The molecule has 1 aliphatic heterocycles. The first-order chi connectivity index (χ1) is 13.5. The van der Waals surface area contributed by atoms with E-state index in [4.69, 9.17) is 5.73 Å². The van der Waals surface area contributed by atoms with Crippen LogP contribution in [0.1, 0.15) is 17.5 Å². The van der Waals surface area contributed by atoms with Crippen LogP contribution in [0.15, 0.2) is 67.0 Å². The minimum absolute atomic E-state index is 0.295. The number of amides is 2. The fourth-order valence-electron chi connectivity index (χ4n) is 3.66. The van der Waals surface area contributed by atoms with Gasteiger partial charge < -0.3 is 16.0 Å². The summed E-state index contributed by atoms with van der Waals surface area (Å²) in [6, 6.07) is 17.5. The van der Waals surface area contributed by atoms with Crippen LogP contribution in [0.3, 0.4) is 0 Å². The Balaban J connectivity index is 1.37. The van der Waals surface area contributed by atoms with Crippen molar-refractivity contribution in [3.63, 3.8) is 0 Å². The molecule has 0 saturated carbocycles. The van der Waals surface area contributed by atoms with Crippen LogP contribution < -0.4 is 11.1 Å². The normalized spacial score (nSPS) is 19.0. The molecule has 2 amide bonds. The van der Waals surface area contributed by atoms with E-state index in [9.17, 15) is 9.59 Å². The molecule has 0 aliphatic carbocycles. The van der Waals surface area contributed by atoms with E-state index in [0.717, 1.165) is 21.9 Å². The maximum absolute atomic E-state index is 12.5. The summed E-state index contributed by atoms with van der Waals surface area (Å²) in [5.74, 6) is -1.14. The Bertz CT molecular complexity index is 1020. The van der Waals surface area contributed by atoms with Gasteiger partial charge in [-0.3, -0.25) is 14.6 Å². The number of likely N-dealkylation sites (tertiary alicyclic amines) is 1. The average Bonchev–Trinajstić information content (AvgIpc) is 3.15. The van der Waals surface area contributed by atoms with Gasteiger partial charge in [0.05, 0.1) is 5.54 Å². The van der Waals surface area contributed by atoms with Crippen molar-refractivity contribution in [3.05, 3.63) is 78.1 Å². The SMILES string of the molecule is NC1(c2ccccc2)CCN(C(=O)C(=O)NCc2ccc3cnccc3c2)C1. The second kappa shape index (κ2) is 7.40. The van der Waals surface area contributed by atoms with Gasteiger partial charge in [-0.15, -0.1) is 0 Å². The lowest BCUT2D eigenvalue weighted by atomic mass is 9.90. The van der Waals surface area contributed by atoms with Gasteiger partial charge in [0.25, 0.3) is 0 Å². The van der Waals surface area contributed by atoms with Gasteiger partial charge >= 0.3 is 11.8 Å². The summed E-state index contributed by atoms with van der Waals surface area (Å²) in [5, 5.41) is 4.80. The van der Waals surface area contributed by atoms with Crippen LogP contribution in [-0.4, -0.2) is 34.8 Å². The van der Waals surface area contributed by atoms with E-state index in [1.54, 1.807) is 12.4 Å². The zero-order chi connectivity index (χ0) is 19.6. The Morgan fingerprint density at radius 3 is 2.75 bits per heavy atom. The summed E-state index contributed by atoms with van der Waals surface area (Å²) >= 11 is 0. The highest BCUT2D eigenvalue weighted by atomic mass is 16.2. The lowest BCUT2D eigenvalue weighted by molar-refractivity contribution is -0.145. The largest absolute Gasteiger partial charge is 0.344 e. The Kier molecular flexibility index (Phi) is 4.79. The Morgan fingerprint density at radius 1 is 1.11 bits per heavy atom. The first-order valence-corrected chi connectivity index (χ1v) is 9.29. The minimum atomic E-state index is -0.608. The lowest BCUT2D eigenvalue weighted by Crippen LogP contribution is -2.45. The van der Waals surface area contributed by atoms with E-state index in [-0.39, 0.29) is 0 Å². The zero-order valence-electron chi connectivity index (χ0n) is 15.5. The van der Waals surface area contributed by atoms with Crippen LogP contribution in [-0.2, 0) is 21.7 Å². The van der Waals surface area contributed by atoms with Crippen molar-refractivity contribution in [1.29, 1.82) is 0 Å². The molecule has 6 heteroatoms. The summed E-state index contributed by atoms with van der Waals surface area (Å²) in [5.41, 5.74) is 7.80. The number of nitrogens with two attached hydrogens (primary N) is 1. The molecule has 4 rings (SSSR count). The molecule has 1 aliphatic rings. The molecule has 2 heterocycles. The van der Waals surface area contributed by atoms with Crippen molar-refractivity contribution in [2.45, 2.75) is 18.5 Å². The van der Waals surface area contributed by atoms with Gasteiger partial charge in [-0.25, -0.2) is 0 Å². The molecule has 0 radical (unpaired) electrons. The Labute approximate surface area is 163 Å². The maximum Gasteiger partial charge on any atom is 0.311 e. The van der Waals surface area contributed by atoms with Crippen molar-refractivity contribution in [1.82, 2.24) is 15.2 Å². The number of hydrogen-bond acceptors (Lipinski definition) is 4. The van der Waals surface area contributed by atoms with Crippen LogP contribution in [0.2, 0.25) is 0 Å². The van der Waals surface area contributed by atoms with E-state index in [0.29, 0.717) is 26.1 Å². The topological polar surface area (TPSA) is 88.3 Å². The van der Waals surface area contributed by atoms with Crippen LogP contribution >= 0.6 is 0 Å². The number of carbonyl (C=O) groups is 2. The maximum atomic E-state index is 12.5. The van der Waals surface area contributed by atoms with Gasteiger partial charge in [-0.2, -0.15) is 0 Å². The lowest BCUT2D eigenvalue weighted by Gasteiger charge is -2.25. The second-order valence-corrected chi connectivity index (χ2v) is 7.24. The summed E-state index contributed by atoms with van der Waals surface area (Å²) in [6.07, 6.45) is 4.16. The van der Waals surface area contributed by atoms with Crippen LogP contribution in [0.5, 0.6) is 0 Å². The highest BCUT2D eigenvalue weighted by Crippen LogP contribution is 2.29. The first-order valence-electron chi connectivity index (χ1n) is 9.29. The minimum Gasteiger partial charge on any atom is -0.344 e. The summed E-state index contributed by atoms with van der Waals surface area (Å²) in [6.45, 7) is 1.11. The van der Waals surface area contributed by atoms with Crippen molar-refractivity contribution < 1.29 is 9.59 Å². The summed E-state index contributed by atoms with van der Waals surface area (Å²) < 4.78 is 0. The highest BCUT2D eigenvalue weighted by molar-refractivity contribution is 6.35. The number of fused-ring (bicyclic) bond motifs is 1. The molecule has 1 fully saturated rings. The van der Waals surface area contributed by atoms with Gasteiger partial charge in [-0.1, -0.05) is 42.5 Å². The van der Waals surface area contributed by atoms with E-state index >= 15 is 0 Å². The highest BCUT2D eigenvalue weighted by Gasteiger charge is 2.39. The molecule has 28 heavy (non-hydrogen) atoms. The summed E-state index contributed by atoms with van der Waals surface area (Å²) in [4.78, 5) is 30.5. The third kappa shape index (κ3) is 3.59. The molecular formula is C22H22N4O2. The molecule has 0 spiro atoms. The smallest absolute Gasteiger partial charge is 0.311 e. The fourth-order valence-corrected chi connectivity index (χ4v) is 3.66. The molecule has 1 saturated heterocycles. The average molecular weight is 374 g/mol. The number of benzene rings is 2. The molecule has 3 aromatic rings. The second-order valence-electron chi connectivity index (χ2n) is 7.24. The molecular weight excluding hydrogens is 352 g/mol. The number of aromatic nitrogens is 1. The van der Waals surface area contributed by atoms with Crippen molar-refractivity contribution in [2.75, 3.05) is 13.1 Å². The van der Waals surface area contributed by atoms with E-state index < -0.39 is 17.4 Å². The quantitative estimate of drug-likeness (QED) is 0.686. The number of hydrogen-bond donors (Lipinski definition) is 2. The molecule has 1 atom stereocenters. The van der Waals surface area contributed by atoms with Gasteiger partial charge in [0.1, 0.15) is 0 Å². The molecule has 0 bridgehead atoms. The summed E-state index contributed by atoms with van der Waals surface area (Å²) in [7, 11) is 0. The van der Waals surface area contributed by atoms with Gasteiger partial charge in [0.15, 0.2) is 0 Å². The molecule has 6 nitrogen and oxygen atoms in total. The molecule has 2 aromatic carbocycles. The third-order valence-corrected chi connectivity index (χ3v) is 5.29. The number of pyridine rings is 1. The van der Waals surface area contributed by atoms with E-state index in [2.05, 4.69) is 10.3 Å². The van der Waals surface area contributed by atoms with E-state index in [1.807, 2.05) is 54.6 Å². The van der Waals surface area contributed by atoms with Crippen LogP contribution in [0.25, 0.3) is 10.8 Å². The fraction of sp³-hybridized carbons (Fsp3) is 0.227. The number of carbonyl (C=O) groups excluding carboxylic acids is 2. The third-order valence-electron chi connectivity index (χ3n) is 5.29. The van der Waals surface area contributed by atoms with Gasteiger partial charge in [-0.05, 0) is 35.1 Å².